The van der Waals surface area contributed by atoms with Crippen molar-refractivity contribution in [2.24, 2.45) is 0 Å². The van der Waals surface area contributed by atoms with Crippen molar-refractivity contribution in [3.05, 3.63) is 0 Å². The fourth-order valence-corrected chi connectivity index (χ4v) is 1.84. The van der Waals surface area contributed by atoms with Crippen LogP contribution in [-0.4, -0.2) is 65.4 Å². The molecule has 1 saturated heterocycles. The molecule has 0 unspecified atom stereocenters. The first kappa shape index (κ1) is 13.4. The Bertz CT molecular complexity index is 231. The Kier molecular flexibility index (Phi) is 5.14. The van der Waals surface area contributed by atoms with Gasteiger partial charge in [0.25, 0.3) is 0 Å². The minimum atomic E-state index is -0.796. The Balaban J connectivity index is 2.93. The summed E-state index contributed by atoms with van der Waals surface area (Å²) in [5.74, 6) is -0.462. The van der Waals surface area contributed by atoms with Crippen LogP contribution >= 0.6 is 0 Å². The van der Waals surface area contributed by atoms with Crippen molar-refractivity contribution >= 4 is 5.97 Å². The van der Waals surface area contributed by atoms with Crippen LogP contribution in [0, 0.1) is 0 Å². The van der Waals surface area contributed by atoms with Gasteiger partial charge in [-0.3, -0.25) is 0 Å². The van der Waals surface area contributed by atoms with Crippen molar-refractivity contribution in [2.75, 3.05) is 35.0 Å². The summed E-state index contributed by atoms with van der Waals surface area (Å²) in [4.78, 5) is 11.6. The number of esters is 1. The summed E-state index contributed by atoms with van der Waals surface area (Å²) in [6, 6.07) is 0. The highest BCUT2D eigenvalue weighted by Gasteiger charge is 2.43. The van der Waals surface area contributed by atoms with E-state index in [-0.39, 0.29) is 12.7 Å². The fraction of sp³-hybridized carbons (Fsp3) is 0.900. The van der Waals surface area contributed by atoms with Crippen LogP contribution < -0.4 is 0 Å². The van der Waals surface area contributed by atoms with Gasteiger partial charge in [-0.05, 0) is 0 Å². The first-order valence-corrected chi connectivity index (χ1v) is 4.97. The topological polar surface area (TPSA) is 63.2 Å². The van der Waals surface area contributed by atoms with E-state index in [1.165, 1.54) is 28.4 Å². The molecule has 1 rings (SSSR count). The second-order valence-corrected chi connectivity index (χ2v) is 3.46. The van der Waals surface area contributed by atoms with Crippen molar-refractivity contribution < 1.29 is 28.5 Å². The van der Waals surface area contributed by atoms with Gasteiger partial charge in [-0.1, -0.05) is 0 Å². The number of carbonyl (C=O) groups is 1. The Morgan fingerprint density at radius 3 is 2.06 bits per heavy atom. The molecule has 16 heavy (non-hydrogen) atoms. The lowest BCUT2D eigenvalue weighted by atomic mass is 10.0. The number of carbonyl (C=O) groups excluding carboxylic acids is 1. The lowest BCUT2D eigenvalue weighted by Crippen LogP contribution is -2.48. The molecule has 1 heterocycles. The molecule has 0 bridgehead atoms. The maximum absolute atomic E-state index is 11.6. The quantitative estimate of drug-likeness (QED) is 0.617. The summed E-state index contributed by atoms with van der Waals surface area (Å²) < 4.78 is 25.9. The maximum Gasteiger partial charge on any atom is 0.338 e. The van der Waals surface area contributed by atoms with Crippen LogP contribution in [0.25, 0.3) is 0 Å². The van der Waals surface area contributed by atoms with E-state index in [2.05, 4.69) is 0 Å². The van der Waals surface area contributed by atoms with Crippen LogP contribution in [-0.2, 0) is 28.5 Å². The van der Waals surface area contributed by atoms with E-state index in [0.717, 1.165) is 0 Å². The van der Waals surface area contributed by atoms with Gasteiger partial charge in [0.15, 0.2) is 6.10 Å². The molecule has 1 aliphatic rings. The number of hydrogen-bond donors (Lipinski definition) is 0. The first-order valence-electron chi connectivity index (χ1n) is 4.97. The van der Waals surface area contributed by atoms with Gasteiger partial charge < -0.3 is 23.7 Å². The van der Waals surface area contributed by atoms with Gasteiger partial charge in [0.2, 0.25) is 0 Å². The minimum absolute atomic E-state index is 0.133. The van der Waals surface area contributed by atoms with E-state index in [4.69, 9.17) is 23.7 Å². The molecule has 0 aliphatic carbocycles. The van der Waals surface area contributed by atoms with Crippen LogP contribution in [0.4, 0.5) is 0 Å². The zero-order valence-corrected chi connectivity index (χ0v) is 9.97. The smallest absolute Gasteiger partial charge is 0.338 e. The number of ether oxygens (including phenoxy) is 5. The van der Waals surface area contributed by atoms with Crippen LogP contribution in [0.15, 0.2) is 0 Å². The summed E-state index contributed by atoms with van der Waals surface area (Å²) >= 11 is 0. The molecule has 0 aromatic carbocycles. The molecule has 6 nitrogen and oxygen atoms in total. The second-order valence-electron chi connectivity index (χ2n) is 3.46. The summed E-state index contributed by atoms with van der Waals surface area (Å²) in [7, 11) is 5.99. The maximum atomic E-state index is 11.6. The average molecular weight is 234 g/mol. The van der Waals surface area contributed by atoms with E-state index < -0.39 is 24.3 Å². The van der Waals surface area contributed by atoms with E-state index in [9.17, 15) is 4.79 Å². The van der Waals surface area contributed by atoms with Gasteiger partial charge in [-0.2, -0.15) is 0 Å². The van der Waals surface area contributed by atoms with Crippen LogP contribution in [0.3, 0.4) is 0 Å². The molecule has 0 aromatic rings. The van der Waals surface area contributed by atoms with E-state index in [1.807, 2.05) is 0 Å². The van der Waals surface area contributed by atoms with Crippen molar-refractivity contribution in [1.82, 2.24) is 0 Å². The van der Waals surface area contributed by atoms with E-state index >= 15 is 0 Å². The zero-order valence-electron chi connectivity index (χ0n) is 9.97. The monoisotopic (exact) mass is 234 g/mol. The lowest BCUT2D eigenvalue weighted by molar-refractivity contribution is -0.164. The van der Waals surface area contributed by atoms with Crippen molar-refractivity contribution in [2.45, 2.75) is 24.4 Å². The average Bonchev–Trinajstić information content (AvgIpc) is 2.44. The highest BCUT2D eigenvalue weighted by Crippen LogP contribution is 2.20. The Hall–Kier alpha value is -0.690. The third-order valence-electron chi connectivity index (χ3n) is 2.71. The largest absolute Gasteiger partial charge is 0.461 e. The molecule has 94 valence electrons. The highest BCUT2D eigenvalue weighted by atomic mass is 16.6. The van der Waals surface area contributed by atoms with Crippen LogP contribution in [0.2, 0.25) is 0 Å². The first-order chi connectivity index (χ1) is 7.69. The summed E-state index contributed by atoms with van der Waals surface area (Å²) in [5, 5.41) is 0. The van der Waals surface area contributed by atoms with Crippen LogP contribution in [0.1, 0.15) is 0 Å². The predicted octanol–water partition coefficient (Wildman–Crippen LogP) is -0.397. The molecule has 0 N–H and O–H groups in total. The van der Waals surface area contributed by atoms with E-state index in [1.54, 1.807) is 0 Å². The molecule has 6 heteroatoms. The molecule has 1 fully saturated rings. The van der Waals surface area contributed by atoms with Gasteiger partial charge in [-0.25, -0.2) is 4.79 Å². The Morgan fingerprint density at radius 2 is 1.62 bits per heavy atom. The molecular weight excluding hydrogens is 216 g/mol. The SMILES string of the molecule is CO[C@@H]1[C@H](OC)[C@@H](OC)C(=O)OC[C@H]1OC. The summed E-state index contributed by atoms with van der Waals surface area (Å²) in [6.07, 6.45) is -2.12. The van der Waals surface area contributed by atoms with Gasteiger partial charge in [-0.15, -0.1) is 0 Å². The van der Waals surface area contributed by atoms with Crippen molar-refractivity contribution in [3.63, 3.8) is 0 Å². The molecule has 0 spiro atoms. The second kappa shape index (κ2) is 6.15. The molecule has 4 atom stereocenters. The Morgan fingerprint density at radius 1 is 1.00 bits per heavy atom. The normalized spacial score (nSPS) is 35.6. The van der Waals surface area contributed by atoms with Gasteiger partial charge in [0.1, 0.15) is 24.9 Å². The highest BCUT2D eigenvalue weighted by molar-refractivity contribution is 5.76. The van der Waals surface area contributed by atoms with Crippen molar-refractivity contribution in [1.29, 1.82) is 0 Å². The summed E-state index contributed by atoms with van der Waals surface area (Å²) in [5.41, 5.74) is 0. The fourth-order valence-electron chi connectivity index (χ4n) is 1.84. The number of hydrogen-bond acceptors (Lipinski definition) is 6. The minimum Gasteiger partial charge on any atom is -0.461 e. The standard InChI is InChI=1S/C10H18O6/c1-12-6-5-16-10(11)9(15-4)8(14-3)7(6)13-2/h6-9H,5H2,1-4H3/t6-,7+,8+,9-/m1/s1. The number of rotatable bonds is 4. The lowest BCUT2D eigenvalue weighted by Gasteiger charge is -2.29. The zero-order chi connectivity index (χ0) is 12.1. The Labute approximate surface area is 94.7 Å². The molecule has 0 amide bonds. The van der Waals surface area contributed by atoms with E-state index in [0.29, 0.717) is 0 Å². The van der Waals surface area contributed by atoms with Crippen LogP contribution in [0.5, 0.6) is 0 Å². The summed E-state index contributed by atoms with van der Waals surface area (Å²) in [6.45, 7) is 0.133. The molecular formula is C10H18O6. The van der Waals surface area contributed by atoms with Crippen molar-refractivity contribution in [3.8, 4) is 0 Å². The molecule has 1 aliphatic heterocycles. The molecule has 0 saturated carbocycles. The third-order valence-corrected chi connectivity index (χ3v) is 2.71. The van der Waals surface area contributed by atoms with Gasteiger partial charge >= 0.3 is 5.97 Å². The molecule has 0 aromatic heterocycles. The number of methoxy groups -OCH3 is 4. The number of cyclic esters (lactones) is 1. The molecule has 0 radical (unpaired) electrons. The van der Waals surface area contributed by atoms with Gasteiger partial charge in [0.05, 0.1) is 0 Å². The van der Waals surface area contributed by atoms with Gasteiger partial charge in [0, 0.05) is 28.4 Å². The predicted molar refractivity (Wildman–Crippen MR) is 54.1 cm³/mol. The third kappa shape index (κ3) is 2.52.